The third-order valence-electron chi connectivity index (χ3n) is 2.78. The number of hydrogen-bond acceptors (Lipinski definition) is 3. The molecule has 5 heteroatoms. The summed E-state index contributed by atoms with van der Waals surface area (Å²) < 4.78 is 7.41. The third kappa shape index (κ3) is 4.44. The Kier molecular flexibility index (Phi) is 5.60. The van der Waals surface area contributed by atoms with Gasteiger partial charge in [-0.25, -0.2) is 0 Å². The number of nitrogens with zero attached hydrogens (tertiary/aromatic N) is 1. The summed E-state index contributed by atoms with van der Waals surface area (Å²) in [6.07, 6.45) is 3.73. The van der Waals surface area contributed by atoms with Gasteiger partial charge in [-0.2, -0.15) is 0 Å². The molecule has 0 amide bonds. The van der Waals surface area contributed by atoms with Crippen LogP contribution in [0, 0.1) is 0 Å². The fourth-order valence-electron chi connectivity index (χ4n) is 1.84. The maximum absolute atomic E-state index is 5.66. The maximum atomic E-state index is 5.66. The van der Waals surface area contributed by atoms with Crippen LogP contribution in [0.3, 0.4) is 0 Å². The van der Waals surface area contributed by atoms with Crippen LogP contribution in [0.4, 0.5) is 0 Å². The van der Waals surface area contributed by atoms with E-state index in [0.717, 1.165) is 40.0 Å². The Morgan fingerprint density at radius 1 is 1.26 bits per heavy atom. The molecule has 2 aromatic rings. The summed E-state index contributed by atoms with van der Waals surface area (Å²) in [6, 6.07) is 8.11. The largest absolute Gasteiger partial charge is 0.453 e. The summed E-state index contributed by atoms with van der Waals surface area (Å²) in [5, 5.41) is 3.50. The van der Waals surface area contributed by atoms with Gasteiger partial charge in [0.25, 0.3) is 0 Å². The number of furan rings is 1. The van der Waals surface area contributed by atoms with E-state index in [4.69, 9.17) is 4.42 Å². The molecule has 0 aromatic carbocycles. The molecule has 2 heterocycles. The van der Waals surface area contributed by atoms with Crippen LogP contribution in [0.1, 0.15) is 30.8 Å². The molecule has 1 atom stereocenters. The molecule has 0 aliphatic rings. The zero-order chi connectivity index (χ0) is 13.7. The van der Waals surface area contributed by atoms with E-state index in [0.29, 0.717) is 0 Å². The number of pyridine rings is 1. The van der Waals surface area contributed by atoms with Crippen LogP contribution >= 0.6 is 31.9 Å². The smallest absolute Gasteiger partial charge is 0.169 e. The first kappa shape index (κ1) is 14.8. The van der Waals surface area contributed by atoms with Gasteiger partial charge in [-0.15, -0.1) is 0 Å². The van der Waals surface area contributed by atoms with Crippen molar-refractivity contribution in [1.82, 2.24) is 10.3 Å². The molecular formula is C14H16Br2N2O. The van der Waals surface area contributed by atoms with Crippen molar-refractivity contribution < 1.29 is 4.42 Å². The van der Waals surface area contributed by atoms with Crippen LogP contribution in [-0.4, -0.2) is 11.5 Å². The molecular weight excluding hydrogens is 372 g/mol. The maximum Gasteiger partial charge on any atom is 0.169 e. The summed E-state index contributed by atoms with van der Waals surface area (Å²) >= 11 is 6.75. The van der Waals surface area contributed by atoms with Gasteiger partial charge in [-0.1, -0.05) is 6.92 Å². The molecule has 2 aromatic heterocycles. The quantitative estimate of drug-likeness (QED) is 0.793. The van der Waals surface area contributed by atoms with E-state index in [1.807, 2.05) is 30.5 Å². The molecule has 0 bridgehead atoms. The summed E-state index contributed by atoms with van der Waals surface area (Å²) in [5.41, 5.74) is 1.05. The van der Waals surface area contributed by atoms with Crippen LogP contribution in [0.2, 0.25) is 0 Å². The molecule has 0 saturated heterocycles. The van der Waals surface area contributed by atoms with E-state index in [2.05, 4.69) is 49.1 Å². The van der Waals surface area contributed by atoms with Gasteiger partial charge in [0.1, 0.15) is 5.76 Å². The lowest BCUT2D eigenvalue weighted by Gasteiger charge is -2.15. The Bertz CT molecular complexity index is 510. The number of aromatic nitrogens is 1. The van der Waals surface area contributed by atoms with E-state index in [1.54, 1.807) is 0 Å². The van der Waals surface area contributed by atoms with Gasteiger partial charge in [-0.05, 0) is 69.1 Å². The highest BCUT2D eigenvalue weighted by Crippen LogP contribution is 2.23. The Morgan fingerprint density at radius 2 is 2.11 bits per heavy atom. The van der Waals surface area contributed by atoms with Crippen molar-refractivity contribution in [1.29, 1.82) is 0 Å². The first-order chi connectivity index (χ1) is 9.19. The van der Waals surface area contributed by atoms with Crippen LogP contribution in [0.5, 0.6) is 0 Å². The molecule has 0 aliphatic carbocycles. The monoisotopic (exact) mass is 386 g/mol. The zero-order valence-corrected chi connectivity index (χ0v) is 13.9. The lowest BCUT2D eigenvalue weighted by Crippen LogP contribution is -2.24. The Hall–Kier alpha value is -0.650. The molecule has 2 rings (SSSR count). The van der Waals surface area contributed by atoms with E-state index in [1.165, 1.54) is 0 Å². The van der Waals surface area contributed by atoms with Crippen molar-refractivity contribution in [2.45, 2.75) is 25.8 Å². The highest BCUT2D eigenvalue weighted by atomic mass is 79.9. The van der Waals surface area contributed by atoms with Crippen molar-refractivity contribution in [3.05, 3.63) is 51.1 Å². The van der Waals surface area contributed by atoms with Crippen molar-refractivity contribution >= 4 is 31.9 Å². The molecule has 0 radical (unpaired) electrons. The second kappa shape index (κ2) is 7.22. The summed E-state index contributed by atoms with van der Waals surface area (Å²) in [7, 11) is 0. The van der Waals surface area contributed by atoms with Gasteiger partial charge in [0.2, 0.25) is 0 Å². The normalized spacial score (nSPS) is 12.6. The molecule has 3 nitrogen and oxygen atoms in total. The number of nitrogens with one attached hydrogen (secondary N) is 1. The van der Waals surface area contributed by atoms with Gasteiger partial charge >= 0.3 is 0 Å². The number of hydrogen-bond donors (Lipinski definition) is 1. The van der Waals surface area contributed by atoms with Crippen molar-refractivity contribution in [3.8, 4) is 0 Å². The Morgan fingerprint density at radius 3 is 2.68 bits per heavy atom. The Balaban J connectivity index is 2.11. The van der Waals surface area contributed by atoms with Gasteiger partial charge < -0.3 is 9.73 Å². The molecule has 1 unspecified atom stereocenters. The lowest BCUT2D eigenvalue weighted by atomic mass is 10.1. The van der Waals surface area contributed by atoms with Gasteiger partial charge in [0.05, 0.1) is 6.04 Å². The average molecular weight is 388 g/mol. The SMILES string of the molecule is CCCNC(Cc1ccc(Br)cn1)c1ccc(Br)o1. The van der Waals surface area contributed by atoms with E-state index in [9.17, 15) is 0 Å². The minimum absolute atomic E-state index is 0.153. The summed E-state index contributed by atoms with van der Waals surface area (Å²) in [6.45, 7) is 3.11. The van der Waals surface area contributed by atoms with E-state index >= 15 is 0 Å². The number of rotatable bonds is 6. The molecule has 19 heavy (non-hydrogen) atoms. The molecule has 0 spiro atoms. The third-order valence-corrected chi connectivity index (χ3v) is 3.68. The fourth-order valence-corrected chi connectivity index (χ4v) is 2.40. The molecule has 0 saturated carbocycles. The predicted octanol–water partition coefficient (Wildman–Crippen LogP) is 4.48. The van der Waals surface area contributed by atoms with Gasteiger partial charge in [0.15, 0.2) is 4.67 Å². The van der Waals surface area contributed by atoms with Crippen molar-refractivity contribution in [2.24, 2.45) is 0 Å². The van der Waals surface area contributed by atoms with Crippen LogP contribution in [0.15, 0.2) is 44.0 Å². The average Bonchev–Trinajstić information content (AvgIpc) is 2.83. The summed E-state index contributed by atoms with van der Waals surface area (Å²) in [5.74, 6) is 0.935. The first-order valence-electron chi connectivity index (χ1n) is 6.28. The van der Waals surface area contributed by atoms with E-state index in [-0.39, 0.29) is 6.04 Å². The topological polar surface area (TPSA) is 38.1 Å². The number of halogens is 2. The lowest BCUT2D eigenvalue weighted by molar-refractivity contribution is 0.398. The molecule has 0 fully saturated rings. The second-order valence-electron chi connectivity index (χ2n) is 4.32. The fraction of sp³-hybridized carbons (Fsp3) is 0.357. The van der Waals surface area contributed by atoms with Gasteiger partial charge in [-0.3, -0.25) is 4.98 Å². The van der Waals surface area contributed by atoms with Gasteiger partial charge in [0, 0.05) is 22.8 Å². The van der Waals surface area contributed by atoms with E-state index < -0.39 is 0 Å². The minimum atomic E-state index is 0.153. The predicted molar refractivity (Wildman–Crippen MR) is 83.1 cm³/mol. The van der Waals surface area contributed by atoms with Crippen molar-refractivity contribution in [3.63, 3.8) is 0 Å². The Labute approximate surface area is 130 Å². The standard InChI is InChI=1S/C14H16Br2N2O/c1-2-7-17-12(13-5-6-14(16)19-13)8-11-4-3-10(15)9-18-11/h3-6,9,12,17H,2,7-8H2,1H3. The van der Waals surface area contributed by atoms with Crippen LogP contribution in [0.25, 0.3) is 0 Å². The minimum Gasteiger partial charge on any atom is -0.453 e. The first-order valence-corrected chi connectivity index (χ1v) is 7.86. The highest BCUT2D eigenvalue weighted by Gasteiger charge is 2.16. The van der Waals surface area contributed by atoms with Crippen LogP contribution < -0.4 is 5.32 Å². The van der Waals surface area contributed by atoms with Crippen LogP contribution in [-0.2, 0) is 6.42 Å². The summed E-state index contributed by atoms with van der Waals surface area (Å²) in [4.78, 5) is 4.42. The zero-order valence-electron chi connectivity index (χ0n) is 10.7. The second-order valence-corrected chi connectivity index (χ2v) is 6.02. The molecule has 102 valence electrons. The van der Waals surface area contributed by atoms with Crippen molar-refractivity contribution in [2.75, 3.05) is 6.54 Å². The molecule has 1 N–H and O–H groups in total. The molecule has 0 aliphatic heterocycles. The highest BCUT2D eigenvalue weighted by molar-refractivity contribution is 9.10.